The second-order valence-corrected chi connectivity index (χ2v) is 3.60. The quantitative estimate of drug-likeness (QED) is 0.502. The molecule has 2 heterocycles. The number of aliphatic hydroxyl groups is 1. The number of amides is 1. The first-order valence-electron chi connectivity index (χ1n) is 4.93. The molecule has 82 valence electrons. The van der Waals surface area contributed by atoms with E-state index in [1.807, 2.05) is 0 Å². The van der Waals surface area contributed by atoms with Gasteiger partial charge in [0.1, 0.15) is 5.82 Å². The van der Waals surface area contributed by atoms with E-state index < -0.39 is 6.10 Å². The molecule has 4 N–H and O–H groups in total. The lowest BCUT2D eigenvalue weighted by molar-refractivity contribution is -0.123. The maximum atomic E-state index is 11.6. The third kappa shape index (κ3) is 2.54. The normalized spacial score (nSPS) is 25.4. The summed E-state index contributed by atoms with van der Waals surface area (Å²) in [6.45, 7) is 0.874. The highest BCUT2D eigenvalue weighted by molar-refractivity contribution is 5.82. The molecular formula is C9H14N4O2. The van der Waals surface area contributed by atoms with E-state index in [9.17, 15) is 9.90 Å². The molecule has 0 aromatic carbocycles. The molecule has 1 aromatic rings. The fourth-order valence-electron chi connectivity index (χ4n) is 1.61. The molecule has 1 amide bonds. The zero-order valence-electron chi connectivity index (χ0n) is 8.23. The lowest BCUT2D eigenvalue weighted by Crippen LogP contribution is -2.40. The summed E-state index contributed by atoms with van der Waals surface area (Å²) in [7, 11) is 0. The van der Waals surface area contributed by atoms with Crippen molar-refractivity contribution in [3.63, 3.8) is 0 Å². The maximum Gasteiger partial charge on any atom is 0.237 e. The van der Waals surface area contributed by atoms with Crippen molar-refractivity contribution in [1.29, 1.82) is 0 Å². The Hall–Kier alpha value is -1.40. The summed E-state index contributed by atoms with van der Waals surface area (Å²) in [6, 6.07) is -0.282. The van der Waals surface area contributed by atoms with Crippen LogP contribution < -0.4 is 10.6 Å². The van der Waals surface area contributed by atoms with E-state index in [0.29, 0.717) is 19.5 Å². The summed E-state index contributed by atoms with van der Waals surface area (Å²) in [5.74, 6) is 0.629. The lowest BCUT2D eigenvalue weighted by atomic mass is 10.2. The first-order valence-corrected chi connectivity index (χ1v) is 4.93. The second kappa shape index (κ2) is 4.41. The minimum Gasteiger partial charge on any atom is -0.392 e. The molecule has 0 spiro atoms. The van der Waals surface area contributed by atoms with Gasteiger partial charge < -0.3 is 20.7 Å². The molecule has 0 saturated carbocycles. The van der Waals surface area contributed by atoms with Crippen LogP contribution in [-0.2, 0) is 11.3 Å². The van der Waals surface area contributed by atoms with Crippen molar-refractivity contribution in [2.24, 2.45) is 0 Å². The van der Waals surface area contributed by atoms with Gasteiger partial charge in [0.25, 0.3) is 0 Å². The number of H-pyrrole nitrogens is 1. The van der Waals surface area contributed by atoms with Crippen LogP contribution in [0.5, 0.6) is 0 Å². The molecule has 1 aliphatic rings. The van der Waals surface area contributed by atoms with E-state index in [1.165, 1.54) is 0 Å². The number of imidazole rings is 1. The largest absolute Gasteiger partial charge is 0.392 e. The standard InChI is InChI=1S/C9H14N4O2/c14-6-3-7(12-4-6)9(15)13-5-8-10-1-2-11-8/h1-2,6-7,12,14H,3-5H2,(H,10,11)(H,13,15). The number of aromatic amines is 1. The number of hydrogen-bond donors (Lipinski definition) is 4. The number of rotatable bonds is 3. The molecule has 15 heavy (non-hydrogen) atoms. The predicted molar refractivity (Wildman–Crippen MR) is 52.8 cm³/mol. The van der Waals surface area contributed by atoms with Gasteiger partial charge in [-0.25, -0.2) is 4.98 Å². The van der Waals surface area contributed by atoms with Crippen LogP contribution in [-0.4, -0.2) is 39.7 Å². The van der Waals surface area contributed by atoms with Crippen LogP contribution in [0, 0.1) is 0 Å². The molecule has 1 fully saturated rings. The van der Waals surface area contributed by atoms with Crippen LogP contribution in [0.3, 0.4) is 0 Å². The molecule has 0 bridgehead atoms. The number of nitrogens with zero attached hydrogens (tertiary/aromatic N) is 1. The Balaban J connectivity index is 1.78. The number of aromatic nitrogens is 2. The average molecular weight is 210 g/mol. The van der Waals surface area contributed by atoms with E-state index in [1.54, 1.807) is 12.4 Å². The molecule has 2 rings (SSSR count). The summed E-state index contributed by atoms with van der Waals surface area (Å²) >= 11 is 0. The molecule has 2 unspecified atom stereocenters. The zero-order valence-corrected chi connectivity index (χ0v) is 8.23. The minimum atomic E-state index is -0.413. The van der Waals surface area contributed by atoms with Crippen molar-refractivity contribution in [3.05, 3.63) is 18.2 Å². The SMILES string of the molecule is O=C(NCc1ncc[nH]1)C1CC(O)CN1. The van der Waals surface area contributed by atoms with Crippen molar-refractivity contribution in [1.82, 2.24) is 20.6 Å². The Morgan fingerprint density at radius 1 is 1.73 bits per heavy atom. The predicted octanol–water partition coefficient (Wildman–Crippen LogP) is -1.25. The van der Waals surface area contributed by atoms with E-state index in [2.05, 4.69) is 20.6 Å². The van der Waals surface area contributed by atoms with Crippen LogP contribution in [0.2, 0.25) is 0 Å². The Kier molecular flexibility index (Phi) is 2.98. The zero-order chi connectivity index (χ0) is 10.7. The Labute approximate surface area is 87.1 Å². The Morgan fingerprint density at radius 2 is 2.60 bits per heavy atom. The Bertz CT molecular complexity index is 325. The molecule has 1 aromatic heterocycles. The minimum absolute atomic E-state index is 0.0945. The number of nitrogens with one attached hydrogen (secondary N) is 3. The summed E-state index contributed by atoms with van der Waals surface area (Å²) < 4.78 is 0. The summed E-state index contributed by atoms with van der Waals surface area (Å²) in [5.41, 5.74) is 0. The van der Waals surface area contributed by atoms with Gasteiger partial charge in [0.05, 0.1) is 18.7 Å². The van der Waals surface area contributed by atoms with Crippen LogP contribution in [0.25, 0.3) is 0 Å². The summed E-state index contributed by atoms with van der Waals surface area (Å²) in [5, 5.41) is 14.9. The van der Waals surface area contributed by atoms with Crippen molar-refractivity contribution < 1.29 is 9.90 Å². The first kappa shape index (κ1) is 10.1. The van der Waals surface area contributed by atoms with Crippen LogP contribution >= 0.6 is 0 Å². The van der Waals surface area contributed by atoms with Gasteiger partial charge in [0.15, 0.2) is 0 Å². The lowest BCUT2D eigenvalue weighted by Gasteiger charge is -2.09. The number of aliphatic hydroxyl groups excluding tert-OH is 1. The summed E-state index contributed by atoms with van der Waals surface area (Å²) in [6.07, 6.45) is 3.41. The highest BCUT2D eigenvalue weighted by Crippen LogP contribution is 2.06. The molecule has 1 aliphatic heterocycles. The Morgan fingerprint density at radius 3 is 3.20 bits per heavy atom. The smallest absolute Gasteiger partial charge is 0.237 e. The van der Waals surface area contributed by atoms with Gasteiger partial charge in [0.2, 0.25) is 5.91 Å². The van der Waals surface area contributed by atoms with E-state index in [0.717, 1.165) is 5.82 Å². The maximum absolute atomic E-state index is 11.6. The second-order valence-electron chi connectivity index (χ2n) is 3.60. The van der Waals surface area contributed by atoms with Gasteiger partial charge in [-0.15, -0.1) is 0 Å². The van der Waals surface area contributed by atoms with Gasteiger partial charge in [-0.05, 0) is 6.42 Å². The number of carbonyl (C=O) groups excluding carboxylic acids is 1. The molecule has 1 saturated heterocycles. The first-order chi connectivity index (χ1) is 7.25. The van der Waals surface area contributed by atoms with Gasteiger partial charge in [-0.3, -0.25) is 4.79 Å². The molecule has 2 atom stereocenters. The third-order valence-electron chi connectivity index (χ3n) is 2.41. The fraction of sp³-hybridized carbons (Fsp3) is 0.556. The highest BCUT2D eigenvalue weighted by atomic mass is 16.3. The summed E-state index contributed by atoms with van der Waals surface area (Å²) in [4.78, 5) is 18.4. The van der Waals surface area contributed by atoms with Gasteiger partial charge >= 0.3 is 0 Å². The van der Waals surface area contributed by atoms with Crippen molar-refractivity contribution >= 4 is 5.91 Å². The van der Waals surface area contributed by atoms with Crippen molar-refractivity contribution in [2.45, 2.75) is 25.1 Å². The van der Waals surface area contributed by atoms with Gasteiger partial charge in [0, 0.05) is 18.9 Å². The number of carbonyl (C=O) groups is 1. The van der Waals surface area contributed by atoms with Crippen molar-refractivity contribution in [3.8, 4) is 0 Å². The van der Waals surface area contributed by atoms with Gasteiger partial charge in [-0.2, -0.15) is 0 Å². The molecular weight excluding hydrogens is 196 g/mol. The van der Waals surface area contributed by atoms with E-state index in [-0.39, 0.29) is 11.9 Å². The topological polar surface area (TPSA) is 90.0 Å². The van der Waals surface area contributed by atoms with Crippen molar-refractivity contribution in [2.75, 3.05) is 6.54 Å². The fourth-order valence-corrected chi connectivity index (χ4v) is 1.61. The van der Waals surface area contributed by atoms with Crippen LogP contribution in [0.15, 0.2) is 12.4 Å². The average Bonchev–Trinajstić information content (AvgIpc) is 2.84. The molecule has 0 aliphatic carbocycles. The third-order valence-corrected chi connectivity index (χ3v) is 2.41. The van der Waals surface area contributed by atoms with Crippen LogP contribution in [0.4, 0.5) is 0 Å². The molecule has 6 heteroatoms. The highest BCUT2D eigenvalue weighted by Gasteiger charge is 2.27. The van der Waals surface area contributed by atoms with Crippen LogP contribution in [0.1, 0.15) is 12.2 Å². The number of β-amino-alcohol motifs (C(OH)–C–C–N with tert-alkyl or cyclic N) is 1. The van der Waals surface area contributed by atoms with E-state index in [4.69, 9.17) is 0 Å². The monoisotopic (exact) mass is 210 g/mol. The van der Waals surface area contributed by atoms with Gasteiger partial charge in [-0.1, -0.05) is 0 Å². The molecule has 0 radical (unpaired) electrons. The van der Waals surface area contributed by atoms with E-state index >= 15 is 0 Å². The molecule has 6 nitrogen and oxygen atoms in total. The number of hydrogen-bond acceptors (Lipinski definition) is 4.